The van der Waals surface area contributed by atoms with Gasteiger partial charge in [0.2, 0.25) is 0 Å². The van der Waals surface area contributed by atoms with Gasteiger partial charge in [-0.25, -0.2) is 9.78 Å². The van der Waals surface area contributed by atoms with Gasteiger partial charge in [-0.15, -0.1) is 0 Å². The monoisotopic (exact) mass is 599 g/mol. The van der Waals surface area contributed by atoms with Crippen molar-refractivity contribution in [3.8, 4) is 11.5 Å². The van der Waals surface area contributed by atoms with Crippen molar-refractivity contribution in [2.24, 2.45) is 5.10 Å². The van der Waals surface area contributed by atoms with Gasteiger partial charge in [-0.2, -0.15) is 9.78 Å². The molecule has 0 fully saturated rings. The number of rotatable bonds is 8. The van der Waals surface area contributed by atoms with E-state index in [1.165, 1.54) is 17.8 Å². The van der Waals surface area contributed by atoms with Crippen LogP contribution in [0.2, 0.25) is 5.02 Å². The van der Waals surface area contributed by atoms with E-state index in [4.69, 9.17) is 21.1 Å². The minimum Gasteiger partial charge on any atom is -0.490 e. The summed E-state index contributed by atoms with van der Waals surface area (Å²) in [5.41, 5.74) is 0.780. The topological polar surface area (TPSA) is 103 Å². The summed E-state index contributed by atoms with van der Waals surface area (Å²) >= 11 is 13.2. The van der Waals surface area contributed by atoms with Crippen LogP contribution in [0.4, 0.5) is 0 Å². The first-order chi connectivity index (χ1) is 15.7. The summed E-state index contributed by atoms with van der Waals surface area (Å²) in [5, 5.41) is 14.1. The van der Waals surface area contributed by atoms with Crippen molar-refractivity contribution in [2.45, 2.75) is 33.3 Å². The van der Waals surface area contributed by atoms with Gasteiger partial charge in [0.25, 0.3) is 5.56 Å². The Labute approximate surface area is 211 Å². The van der Waals surface area contributed by atoms with Gasteiger partial charge in [-0.05, 0) is 54.0 Å². The number of ether oxygens (including phenoxy) is 2. The third-order valence-corrected chi connectivity index (χ3v) is 6.54. The van der Waals surface area contributed by atoms with Crippen molar-refractivity contribution in [1.29, 1.82) is 0 Å². The molecule has 1 aromatic heterocycles. The first-order valence-electron chi connectivity index (χ1n) is 9.97. The zero-order valence-electron chi connectivity index (χ0n) is 17.9. The van der Waals surface area contributed by atoms with Crippen LogP contribution in [0.5, 0.6) is 11.5 Å². The highest BCUT2D eigenvalue weighted by molar-refractivity contribution is 9.10. The maximum absolute atomic E-state index is 13.1. The molecular weight excluding hydrogens is 582 g/mol. The molecule has 1 atom stereocenters. The van der Waals surface area contributed by atoms with E-state index in [1.807, 2.05) is 13.0 Å². The molecule has 0 aliphatic heterocycles. The number of aromatic nitrogens is 2. The van der Waals surface area contributed by atoms with E-state index in [9.17, 15) is 14.7 Å². The van der Waals surface area contributed by atoms with Crippen molar-refractivity contribution >= 4 is 66.5 Å². The Morgan fingerprint density at radius 1 is 1.33 bits per heavy atom. The average molecular weight is 602 g/mol. The standard InChI is InChI=1S/C22H20Br2ClN3O5/c1-4-17-27-15-7-6-13(23)9-14(15)21(29)28(17)26-10-12-8-16(32-5-2)20(19(25)18(12)24)33-11(3)22(30)31/h6-11H,4-5H2,1-3H3,(H,30,31)/t11-/m1/s1. The molecule has 8 nitrogen and oxygen atoms in total. The molecule has 0 aliphatic carbocycles. The predicted octanol–water partition coefficient (Wildman–Crippen LogP) is 5.27. The molecule has 3 aromatic rings. The first kappa shape index (κ1) is 25.2. The van der Waals surface area contributed by atoms with Crippen LogP contribution in [-0.4, -0.2) is 39.7 Å². The number of carboxylic acids is 1. The summed E-state index contributed by atoms with van der Waals surface area (Å²) in [4.78, 5) is 28.9. The second-order valence-corrected chi connectivity index (χ2v) is 8.94. The number of aliphatic carboxylic acids is 1. The van der Waals surface area contributed by atoms with Crippen molar-refractivity contribution in [2.75, 3.05) is 6.61 Å². The Kier molecular flexibility index (Phi) is 8.14. The third-order valence-electron chi connectivity index (χ3n) is 4.60. The molecule has 0 radical (unpaired) electrons. The van der Waals surface area contributed by atoms with Crippen LogP contribution >= 0.6 is 43.5 Å². The summed E-state index contributed by atoms with van der Waals surface area (Å²) in [7, 11) is 0. The average Bonchev–Trinajstić information content (AvgIpc) is 2.78. The van der Waals surface area contributed by atoms with E-state index in [-0.39, 0.29) is 22.1 Å². The fraction of sp³-hybridized carbons (Fsp3) is 0.273. The predicted molar refractivity (Wildman–Crippen MR) is 134 cm³/mol. The highest BCUT2D eigenvalue weighted by Crippen LogP contribution is 2.42. The van der Waals surface area contributed by atoms with Crippen LogP contribution < -0.4 is 15.0 Å². The van der Waals surface area contributed by atoms with Gasteiger partial charge in [-0.1, -0.05) is 34.5 Å². The highest BCUT2D eigenvalue weighted by atomic mass is 79.9. The fourth-order valence-electron chi connectivity index (χ4n) is 2.96. The normalized spacial score (nSPS) is 12.3. The summed E-state index contributed by atoms with van der Waals surface area (Å²) in [6.45, 7) is 5.35. The first-order valence-corrected chi connectivity index (χ1v) is 11.9. The maximum Gasteiger partial charge on any atom is 0.344 e. The van der Waals surface area contributed by atoms with E-state index in [1.54, 1.807) is 25.1 Å². The van der Waals surface area contributed by atoms with E-state index in [0.717, 1.165) is 4.47 Å². The molecule has 1 heterocycles. The third kappa shape index (κ3) is 5.39. The van der Waals surface area contributed by atoms with E-state index >= 15 is 0 Å². The van der Waals surface area contributed by atoms with Gasteiger partial charge in [0.1, 0.15) is 10.8 Å². The molecule has 0 saturated heterocycles. The molecule has 0 amide bonds. The number of carboxylic acid groups (broad SMARTS) is 1. The van der Waals surface area contributed by atoms with Gasteiger partial charge in [0.05, 0.1) is 23.7 Å². The van der Waals surface area contributed by atoms with E-state index < -0.39 is 12.1 Å². The fourth-order valence-corrected chi connectivity index (χ4v) is 3.97. The lowest BCUT2D eigenvalue weighted by Gasteiger charge is -2.18. The summed E-state index contributed by atoms with van der Waals surface area (Å²) in [6, 6.07) is 6.90. The molecule has 0 saturated carbocycles. The Morgan fingerprint density at radius 2 is 2.06 bits per heavy atom. The number of carbonyl (C=O) groups is 1. The second-order valence-electron chi connectivity index (χ2n) is 6.86. The van der Waals surface area contributed by atoms with Crippen LogP contribution in [0.25, 0.3) is 10.9 Å². The lowest BCUT2D eigenvalue weighted by atomic mass is 10.2. The quantitative estimate of drug-likeness (QED) is 0.353. The molecule has 33 heavy (non-hydrogen) atoms. The molecule has 2 aromatic carbocycles. The number of halogens is 3. The van der Waals surface area contributed by atoms with Crippen molar-refractivity contribution in [3.63, 3.8) is 0 Å². The summed E-state index contributed by atoms with van der Waals surface area (Å²) < 4.78 is 13.5. The van der Waals surface area contributed by atoms with Gasteiger partial charge in [0, 0.05) is 20.9 Å². The largest absolute Gasteiger partial charge is 0.490 e. The number of benzene rings is 2. The minimum absolute atomic E-state index is 0.0982. The van der Waals surface area contributed by atoms with Crippen LogP contribution in [0, 0.1) is 0 Å². The minimum atomic E-state index is -1.14. The molecule has 1 N–H and O–H groups in total. The van der Waals surface area contributed by atoms with Gasteiger partial charge in [-0.3, -0.25) is 4.79 Å². The van der Waals surface area contributed by atoms with Crippen LogP contribution in [-0.2, 0) is 11.2 Å². The Morgan fingerprint density at radius 3 is 2.70 bits per heavy atom. The lowest BCUT2D eigenvalue weighted by molar-refractivity contribution is -0.144. The van der Waals surface area contributed by atoms with Crippen LogP contribution in [0.1, 0.15) is 32.2 Å². The zero-order chi connectivity index (χ0) is 24.3. The Bertz CT molecular complexity index is 1310. The molecule has 0 bridgehead atoms. The van der Waals surface area contributed by atoms with Gasteiger partial charge in [0.15, 0.2) is 17.6 Å². The second kappa shape index (κ2) is 10.7. The number of aryl methyl sites for hydroxylation is 1. The molecule has 3 rings (SSSR count). The Hall–Kier alpha value is -2.43. The molecule has 0 spiro atoms. The Balaban J connectivity index is 2.12. The van der Waals surface area contributed by atoms with Crippen molar-refractivity contribution in [3.05, 3.63) is 60.0 Å². The summed E-state index contributed by atoms with van der Waals surface area (Å²) in [5.74, 6) is -0.296. The maximum atomic E-state index is 13.1. The SMILES string of the molecule is CCOc1cc(C=Nn2c(CC)nc3ccc(Br)cc3c2=O)c(Br)c(Cl)c1O[C@H](C)C(=O)O. The molecule has 11 heteroatoms. The van der Waals surface area contributed by atoms with Crippen molar-refractivity contribution in [1.82, 2.24) is 9.66 Å². The molecule has 0 unspecified atom stereocenters. The summed E-state index contributed by atoms with van der Waals surface area (Å²) in [6.07, 6.45) is 0.807. The van der Waals surface area contributed by atoms with Crippen LogP contribution in [0.3, 0.4) is 0 Å². The van der Waals surface area contributed by atoms with E-state index in [0.29, 0.717) is 39.8 Å². The van der Waals surface area contributed by atoms with Crippen LogP contribution in [0.15, 0.2) is 43.1 Å². The zero-order valence-corrected chi connectivity index (χ0v) is 21.9. The number of fused-ring (bicyclic) bond motifs is 1. The number of hydrogen-bond acceptors (Lipinski definition) is 6. The highest BCUT2D eigenvalue weighted by Gasteiger charge is 2.22. The number of hydrogen-bond donors (Lipinski definition) is 1. The molecular formula is C22H20Br2ClN3O5. The van der Waals surface area contributed by atoms with E-state index in [2.05, 4.69) is 41.9 Å². The number of nitrogens with zero attached hydrogens (tertiary/aromatic N) is 3. The smallest absolute Gasteiger partial charge is 0.344 e. The lowest BCUT2D eigenvalue weighted by Crippen LogP contribution is -2.23. The van der Waals surface area contributed by atoms with Gasteiger partial charge < -0.3 is 14.6 Å². The molecule has 174 valence electrons. The molecule has 0 aliphatic rings. The van der Waals surface area contributed by atoms with Gasteiger partial charge >= 0.3 is 5.97 Å². The van der Waals surface area contributed by atoms with Crippen molar-refractivity contribution < 1.29 is 19.4 Å².